The summed E-state index contributed by atoms with van der Waals surface area (Å²) in [7, 11) is 1.95. The molecule has 2 aliphatic rings. The molecule has 0 saturated heterocycles. The zero-order chi connectivity index (χ0) is 22.0. The van der Waals surface area contributed by atoms with E-state index in [1.807, 2.05) is 46.8 Å². The lowest BCUT2D eigenvalue weighted by molar-refractivity contribution is 0.0740. The summed E-state index contributed by atoms with van der Waals surface area (Å²) >= 11 is 0. The number of hydrogen-bond donors (Lipinski definition) is 0. The third kappa shape index (κ3) is 2.89. The van der Waals surface area contributed by atoms with Crippen LogP contribution in [0.3, 0.4) is 0 Å². The number of halogens is 1. The average Bonchev–Trinajstić information content (AvgIpc) is 3.52. The number of carbonyl (C=O) groups excluding carboxylic acids is 1. The lowest BCUT2D eigenvalue weighted by atomic mass is 9.98. The van der Waals surface area contributed by atoms with Crippen LogP contribution in [0.4, 0.5) is 4.39 Å². The highest BCUT2D eigenvalue weighted by atomic mass is 19.1. The van der Waals surface area contributed by atoms with E-state index < -0.39 is 0 Å². The normalized spacial score (nSPS) is 16.3. The van der Waals surface area contributed by atoms with Crippen molar-refractivity contribution in [3.8, 4) is 11.5 Å². The summed E-state index contributed by atoms with van der Waals surface area (Å²) in [4.78, 5) is 19.8. The lowest BCUT2D eigenvalue weighted by Crippen LogP contribution is -2.38. The first kappa shape index (κ1) is 19.5. The molecule has 0 radical (unpaired) electrons. The molecule has 4 aromatic rings. The zero-order valence-corrected chi connectivity index (χ0v) is 18.6. The van der Waals surface area contributed by atoms with Crippen molar-refractivity contribution in [2.24, 2.45) is 13.0 Å². The summed E-state index contributed by atoms with van der Waals surface area (Å²) in [6, 6.07) is 11.7. The maximum atomic E-state index is 15.7. The van der Waals surface area contributed by atoms with Gasteiger partial charge in [-0.1, -0.05) is 19.1 Å². The first-order valence-electron chi connectivity index (χ1n) is 11.6. The van der Waals surface area contributed by atoms with Crippen LogP contribution >= 0.6 is 0 Å². The molecule has 1 amide bonds. The fourth-order valence-electron chi connectivity index (χ4n) is 5.14. The van der Waals surface area contributed by atoms with Crippen LogP contribution in [0.1, 0.15) is 42.1 Å². The van der Waals surface area contributed by atoms with Gasteiger partial charge in [0, 0.05) is 37.6 Å². The second kappa shape index (κ2) is 7.19. The molecule has 6 heteroatoms. The van der Waals surface area contributed by atoms with Crippen LogP contribution in [0.2, 0.25) is 0 Å². The van der Waals surface area contributed by atoms with Gasteiger partial charge in [0.1, 0.15) is 5.69 Å². The maximum Gasteiger partial charge on any atom is 0.254 e. The molecule has 2 aromatic heterocycles. The predicted octanol–water partition coefficient (Wildman–Crippen LogP) is 5.15. The first-order valence-corrected chi connectivity index (χ1v) is 11.6. The van der Waals surface area contributed by atoms with Gasteiger partial charge in [-0.15, -0.1) is 0 Å². The fourth-order valence-corrected chi connectivity index (χ4v) is 5.14. The van der Waals surface area contributed by atoms with Crippen molar-refractivity contribution in [3.05, 3.63) is 53.3 Å². The van der Waals surface area contributed by atoms with Crippen molar-refractivity contribution in [1.82, 2.24) is 19.0 Å². The Hall–Kier alpha value is -3.15. The van der Waals surface area contributed by atoms with E-state index in [2.05, 4.69) is 17.6 Å². The van der Waals surface area contributed by atoms with Crippen molar-refractivity contribution in [2.75, 3.05) is 13.1 Å². The van der Waals surface area contributed by atoms with Gasteiger partial charge >= 0.3 is 0 Å². The number of rotatable bonds is 5. The van der Waals surface area contributed by atoms with Gasteiger partial charge in [-0.2, -0.15) is 0 Å². The smallest absolute Gasteiger partial charge is 0.254 e. The van der Waals surface area contributed by atoms with Gasteiger partial charge in [0.15, 0.2) is 11.6 Å². The molecule has 6 rings (SSSR count). The molecule has 1 fully saturated rings. The van der Waals surface area contributed by atoms with E-state index in [4.69, 9.17) is 4.98 Å². The number of carbonyl (C=O) groups is 1. The van der Waals surface area contributed by atoms with Crippen molar-refractivity contribution in [3.63, 3.8) is 0 Å². The number of nitrogens with zero attached hydrogens (tertiary/aromatic N) is 4. The molecule has 0 atom stereocenters. The maximum absolute atomic E-state index is 15.7. The monoisotopic (exact) mass is 430 g/mol. The predicted molar refractivity (Wildman–Crippen MR) is 124 cm³/mol. The summed E-state index contributed by atoms with van der Waals surface area (Å²) in [5, 5.41) is 0.639. The largest absolute Gasteiger partial charge is 0.338 e. The number of aromatic nitrogens is 3. The Morgan fingerprint density at radius 3 is 2.75 bits per heavy atom. The van der Waals surface area contributed by atoms with E-state index >= 15 is 4.39 Å². The fraction of sp³-hybridized carbons (Fsp3) is 0.385. The standard InChI is InChI=1S/C26H27FN4O/c1-3-11-30-12-10-17-13-22-20(14-19(17)26(30)32)28-25(29(22)2)24-23(27)18-6-4-5-7-21(18)31(24)15-16-8-9-16/h4-7,13-14,16H,3,8-12,15H2,1-2H3. The van der Waals surface area contributed by atoms with Gasteiger partial charge in [0.25, 0.3) is 5.91 Å². The molecule has 164 valence electrons. The second-order valence-corrected chi connectivity index (χ2v) is 9.27. The summed E-state index contributed by atoms with van der Waals surface area (Å²) in [6.45, 7) is 4.42. The van der Waals surface area contributed by atoms with Crippen molar-refractivity contribution in [2.45, 2.75) is 39.2 Å². The quantitative estimate of drug-likeness (QED) is 0.439. The van der Waals surface area contributed by atoms with Crippen molar-refractivity contribution in [1.29, 1.82) is 0 Å². The minimum atomic E-state index is -0.213. The molecule has 5 nitrogen and oxygen atoms in total. The van der Waals surface area contributed by atoms with Gasteiger partial charge in [0.05, 0.1) is 16.6 Å². The highest BCUT2D eigenvalue weighted by Gasteiger charge is 2.30. The third-order valence-corrected chi connectivity index (χ3v) is 7.03. The molecular weight excluding hydrogens is 403 g/mol. The molecule has 1 aliphatic carbocycles. The molecule has 32 heavy (non-hydrogen) atoms. The van der Waals surface area contributed by atoms with Crippen molar-refractivity contribution < 1.29 is 9.18 Å². The second-order valence-electron chi connectivity index (χ2n) is 9.27. The van der Waals surface area contributed by atoms with Gasteiger partial charge in [0.2, 0.25) is 0 Å². The molecule has 2 aromatic carbocycles. The number of imidazole rings is 1. The minimum Gasteiger partial charge on any atom is -0.338 e. The van der Waals surface area contributed by atoms with E-state index in [0.29, 0.717) is 22.8 Å². The highest BCUT2D eigenvalue weighted by Crippen LogP contribution is 2.38. The number of benzene rings is 2. The Labute approximate surface area is 186 Å². The van der Waals surface area contributed by atoms with E-state index in [1.165, 1.54) is 12.8 Å². The molecular formula is C26H27FN4O. The highest BCUT2D eigenvalue weighted by molar-refractivity contribution is 6.00. The average molecular weight is 431 g/mol. The van der Waals surface area contributed by atoms with E-state index in [0.717, 1.165) is 60.2 Å². The van der Waals surface area contributed by atoms with Gasteiger partial charge in [-0.3, -0.25) is 4.79 Å². The zero-order valence-electron chi connectivity index (χ0n) is 18.6. The van der Waals surface area contributed by atoms with Crippen LogP contribution in [0, 0.1) is 11.7 Å². The molecule has 1 aliphatic heterocycles. The number of para-hydroxylation sites is 1. The van der Waals surface area contributed by atoms with E-state index in [1.54, 1.807) is 0 Å². The third-order valence-electron chi connectivity index (χ3n) is 7.03. The molecule has 0 N–H and O–H groups in total. The first-order chi connectivity index (χ1) is 15.6. The molecule has 0 bridgehead atoms. The Bertz CT molecular complexity index is 1380. The number of hydrogen-bond acceptors (Lipinski definition) is 2. The molecule has 1 saturated carbocycles. The Balaban J connectivity index is 1.54. The molecule has 3 heterocycles. The number of aryl methyl sites for hydroxylation is 1. The summed E-state index contributed by atoms with van der Waals surface area (Å²) in [5.74, 6) is 1.09. The Morgan fingerprint density at radius 1 is 1.16 bits per heavy atom. The van der Waals surface area contributed by atoms with Crippen molar-refractivity contribution >= 4 is 27.8 Å². The van der Waals surface area contributed by atoms with E-state index in [9.17, 15) is 4.79 Å². The molecule has 0 unspecified atom stereocenters. The number of amides is 1. The Kier molecular flexibility index (Phi) is 4.39. The van der Waals surface area contributed by atoms with Crippen LogP contribution in [-0.4, -0.2) is 38.0 Å². The lowest BCUT2D eigenvalue weighted by Gasteiger charge is -2.28. The van der Waals surface area contributed by atoms with E-state index in [-0.39, 0.29) is 11.7 Å². The summed E-state index contributed by atoms with van der Waals surface area (Å²) in [6.07, 6.45) is 4.17. The Morgan fingerprint density at radius 2 is 1.97 bits per heavy atom. The number of fused-ring (bicyclic) bond motifs is 3. The summed E-state index contributed by atoms with van der Waals surface area (Å²) in [5.41, 5.74) is 4.95. The minimum absolute atomic E-state index is 0.0798. The SMILES string of the molecule is CCCN1CCc2cc3c(cc2C1=O)nc(-c1c(F)c2ccccc2n1CC1CC1)n3C. The van der Waals surface area contributed by atoms with Crippen LogP contribution in [0.5, 0.6) is 0 Å². The van der Waals surface area contributed by atoms with Crippen LogP contribution < -0.4 is 0 Å². The van der Waals surface area contributed by atoms with Gasteiger partial charge in [-0.05, 0) is 61.4 Å². The van der Waals surface area contributed by atoms with Gasteiger partial charge in [-0.25, -0.2) is 9.37 Å². The molecule has 0 spiro atoms. The van der Waals surface area contributed by atoms with Crippen LogP contribution in [0.25, 0.3) is 33.5 Å². The summed E-state index contributed by atoms with van der Waals surface area (Å²) < 4.78 is 19.8. The van der Waals surface area contributed by atoms with Crippen LogP contribution in [-0.2, 0) is 20.0 Å². The topological polar surface area (TPSA) is 43.1 Å². The van der Waals surface area contributed by atoms with Crippen LogP contribution in [0.15, 0.2) is 36.4 Å². The van der Waals surface area contributed by atoms with Gasteiger partial charge < -0.3 is 14.0 Å².